The van der Waals surface area contributed by atoms with Gasteiger partial charge in [0.25, 0.3) is 0 Å². The third-order valence-electron chi connectivity index (χ3n) is 4.96. The van der Waals surface area contributed by atoms with Crippen LogP contribution in [-0.2, 0) is 6.54 Å². The molecule has 116 valence electrons. The third kappa shape index (κ3) is 3.80. The lowest BCUT2D eigenvalue weighted by atomic mass is 10.0. The van der Waals surface area contributed by atoms with E-state index in [0.29, 0.717) is 12.1 Å². The third-order valence-corrected chi connectivity index (χ3v) is 5.31. The van der Waals surface area contributed by atoms with E-state index in [1.807, 2.05) is 0 Å². The van der Waals surface area contributed by atoms with Crippen LogP contribution in [0.4, 0.5) is 0 Å². The van der Waals surface area contributed by atoms with Gasteiger partial charge in [-0.3, -0.25) is 4.90 Å². The van der Waals surface area contributed by atoms with E-state index in [-0.39, 0.29) is 0 Å². The summed E-state index contributed by atoms with van der Waals surface area (Å²) in [5.41, 5.74) is 2.52. The van der Waals surface area contributed by atoms with E-state index in [9.17, 15) is 0 Å². The molecule has 2 fully saturated rings. The highest BCUT2D eigenvalue weighted by molar-refractivity contribution is 6.31. The zero-order valence-corrected chi connectivity index (χ0v) is 14.0. The fourth-order valence-corrected chi connectivity index (χ4v) is 3.80. The summed E-state index contributed by atoms with van der Waals surface area (Å²) in [5, 5.41) is 4.70. The molecule has 2 atom stereocenters. The van der Waals surface area contributed by atoms with Crippen molar-refractivity contribution in [2.75, 3.05) is 13.1 Å². The summed E-state index contributed by atoms with van der Waals surface area (Å²) in [6, 6.07) is 7.82. The Bertz CT molecular complexity index is 484. The first-order chi connectivity index (χ1) is 10.2. The fraction of sp³-hybridized carbons (Fsp3) is 0.667. The van der Waals surface area contributed by atoms with Crippen LogP contribution >= 0.6 is 11.6 Å². The van der Waals surface area contributed by atoms with Gasteiger partial charge in [-0.15, -0.1) is 0 Å². The SMILES string of the molecule is CCCC1CNC(C2CC2)CN1Cc1ccc(C)cc1Cl. The topological polar surface area (TPSA) is 15.3 Å². The molecule has 1 aliphatic carbocycles. The summed E-state index contributed by atoms with van der Waals surface area (Å²) in [6.07, 6.45) is 5.34. The van der Waals surface area contributed by atoms with Gasteiger partial charge in [0.15, 0.2) is 0 Å². The van der Waals surface area contributed by atoms with Crippen LogP contribution in [0.2, 0.25) is 5.02 Å². The van der Waals surface area contributed by atoms with Crippen molar-refractivity contribution in [2.45, 2.75) is 58.2 Å². The summed E-state index contributed by atoms with van der Waals surface area (Å²) in [7, 11) is 0. The summed E-state index contributed by atoms with van der Waals surface area (Å²) in [4.78, 5) is 2.67. The summed E-state index contributed by atoms with van der Waals surface area (Å²) >= 11 is 6.44. The maximum atomic E-state index is 6.44. The van der Waals surface area contributed by atoms with Crippen molar-refractivity contribution in [1.29, 1.82) is 0 Å². The minimum Gasteiger partial charge on any atom is -0.311 e. The Morgan fingerprint density at radius 1 is 1.33 bits per heavy atom. The minimum atomic E-state index is 0.655. The van der Waals surface area contributed by atoms with E-state index in [0.717, 1.165) is 24.0 Å². The summed E-state index contributed by atoms with van der Waals surface area (Å²) < 4.78 is 0. The van der Waals surface area contributed by atoms with Gasteiger partial charge in [-0.2, -0.15) is 0 Å². The van der Waals surface area contributed by atoms with Crippen LogP contribution in [-0.4, -0.2) is 30.1 Å². The average molecular weight is 307 g/mol. The molecule has 3 rings (SSSR count). The second kappa shape index (κ2) is 6.68. The average Bonchev–Trinajstić information content (AvgIpc) is 3.28. The lowest BCUT2D eigenvalue weighted by Crippen LogP contribution is -2.56. The first-order valence-electron chi connectivity index (χ1n) is 8.40. The highest BCUT2D eigenvalue weighted by Gasteiger charge is 2.36. The molecule has 3 heteroatoms. The van der Waals surface area contributed by atoms with Gasteiger partial charge in [0, 0.05) is 36.7 Å². The van der Waals surface area contributed by atoms with Gasteiger partial charge in [0.1, 0.15) is 0 Å². The molecule has 1 aromatic carbocycles. The molecule has 1 saturated carbocycles. The normalized spacial score (nSPS) is 27.0. The smallest absolute Gasteiger partial charge is 0.0453 e. The standard InChI is InChI=1S/C18H27ClN2/c1-3-4-16-10-20-18(14-7-8-14)12-21(16)11-15-6-5-13(2)9-17(15)19/h5-6,9,14,16,18,20H,3-4,7-8,10-12H2,1-2H3. The number of hydrogen-bond acceptors (Lipinski definition) is 2. The highest BCUT2D eigenvalue weighted by atomic mass is 35.5. The van der Waals surface area contributed by atoms with Crippen LogP contribution < -0.4 is 5.32 Å². The molecular formula is C18H27ClN2. The molecule has 1 aromatic rings. The first-order valence-corrected chi connectivity index (χ1v) is 8.77. The number of halogens is 1. The predicted molar refractivity (Wildman–Crippen MR) is 89.8 cm³/mol. The quantitative estimate of drug-likeness (QED) is 0.884. The molecule has 1 saturated heterocycles. The minimum absolute atomic E-state index is 0.655. The zero-order valence-electron chi connectivity index (χ0n) is 13.2. The molecule has 0 amide bonds. The second-order valence-electron chi connectivity index (χ2n) is 6.82. The molecular weight excluding hydrogens is 280 g/mol. The molecule has 1 heterocycles. The molecule has 0 bridgehead atoms. The number of hydrogen-bond donors (Lipinski definition) is 1. The molecule has 21 heavy (non-hydrogen) atoms. The second-order valence-corrected chi connectivity index (χ2v) is 7.23. The Balaban J connectivity index is 1.71. The Morgan fingerprint density at radius 2 is 2.14 bits per heavy atom. The van der Waals surface area contributed by atoms with Crippen molar-refractivity contribution in [3.8, 4) is 0 Å². The van der Waals surface area contributed by atoms with E-state index >= 15 is 0 Å². The largest absolute Gasteiger partial charge is 0.311 e. The van der Waals surface area contributed by atoms with Crippen molar-refractivity contribution in [1.82, 2.24) is 10.2 Å². The van der Waals surface area contributed by atoms with Crippen LogP contribution in [0.25, 0.3) is 0 Å². The maximum absolute atomic E-state index is 6.44. The Kier molecular flexibility index (Phi) is 4.88. The molecule has 2 nitrogen and oxygen atoms in total. The molecule has 0 radical (unpaired) electrons. The van der Waals surface area contributed by atoms with Crippen LogP contribution in [0, 0.1) is 12.8 Å². The molecule has 1 aliphatic heterocycles. The van der Waals surface area contributed by atoms with Gasteiger partial charge in [-0.25, -0.2) is 0 Å². The lowest BCUT2D eigenvalue weighted by Gasteiger charge is -2.41. The maximum Gasteiger partial charge on any atom is 0.0453 e. The Morgan fingerprint density at radius 3 is 2.81 bits per heavy atom. The van der Waals surface area contributed by atoms with Crippen molar-refractivity contribution in [2.24, 2.45) is 5.92 Å². The van der Waals surface area contributed by atoms with E-state index in [2.05, 4.69) is 42.3 Å². The van der Waals surface area contributed by atoms with Crippen molar-refractivity contribution < 1.29 is 0 Å². The monoisotopic (exact) mass is 306 g/mol. The molecule has 2 aliphatic rings. The van der Waals surface area contributed by atoms with Gasteiger partial charge >= 0.3 is 0 Å². The predicted octanol–water partition coefficient (Wildman–Crippen LogP) is 4.00. The van der Waals surface area contributed by atoms with E-state index in [1.54, 1.807) is 0 Å². The van der Waals surface area contributed by atoms with Crippen LogP contribution in [0.5, 0.6) is 0 Å². The van der Waals surface area contributed by atoms with E-state index in [4.69, 9.17) is 11.6 Å². The van der Waals surface area contributed by atoms with Crippen molar-refractivity contribution >= 4 is 11.6 Å². The molecule has 1 N–H and O–H groups in total. The van der Waals surface area contributed by atoms with Crippen molar-refractivity contribution in [3.05, 3.63) is 34.3 Å². The lowest BCUT2D eigenvalue weighted by molar-refractivity contribution is 0.108. The number of aryl methyl sites for hydroxylation is 1. The van der Waals surface area contributed by atoms with Gasteiger partial charge in [-0.1, -0.05) is 37.1 Å². The Hall–Kier alpha value is -0.570. The Labute approximate surface area is 133 Å². The molecule has 0 aromatic heterocycles. The zero-order chi connectivity index (χ0) is 14.8. The number of piperazine rings is 1. The number of nitrogens with one attached hydrogen (secondary N) is 1. The van der Waals surface area contributed by atoms with Gasteiger partial charge in [0.05, 0.1) is 0 Å². The van der Waals surface area contributed by atoms with Gasteiger partial charge in [-0.05, 0) is 49.3 Å². The number of rotatable bonds is 5. The number of benzene rings is 1. The fourth-order valence-electron chi connectivity index (χ4n) is 3.51. The summed E-state index contributed by atoms with van der Waals surface area (Å²) in [5.74, 6) is 0.920. The van der Waals surface area contributed by atoms with Crippen LogP contribution in [0.1, 0.15) is 43.7 Å². The molecule has 2 unspecified atom stereocenters. The van der Waals surface area contributed by atoms with Crippen LogP contribution in [0.3, 0.4) is 0 Å². The van der Waals surface area contributed by atoms with Crippen LogP contribution in [0.15, 0.2) is 18.2 Å². The van der Waals surface area contributed by atoms with E-state index in [1.165, 1.54) is 43.4 Å². The van der Waals surface area contributed by atoms with E-state index < -0.39 is 0 Å². The van der Waals surface area contributed by atoms with Crippen molar-refractivity contribution in [3.63, 3.8) is 0 Å². The van der Waals surface area contributed by atoms with Gasteiger partial charge in [0.2, 0.25) is 0 Å². The molecule has 0 spiro atoms. The first kappa shape index (κ1) is 15.3. The van der Waals surface area contributed by atoms with Gasteiger partial charge < -0.3 is 5.32 Å². The summed E-state index contributed by atoms with van der Waals surface area (Å²) in [6.45, 7) is 7.69. The highest BCUT2D eigenvalue weighted by Crippen LogP contribution is 2.35. The number of nitrogens with zero attached hydrogens (tertiary/aromatic N) is 1.